The number of hydrogen-bond donors (Lipinski definition) is 1. The van der Waals surface area contributed by atoms with E-state index in [2.05, 4.69) is 51.0 Å². The summed E-state index contributed by atoms with van der Waals surface area (Å²) in [6.45, 7) is 18.4. The minimum atomic E-state index is -1.96. The molecule has 3 atom stereocenters. The Kier molecular flexibility index (Phi) is 7.20. The Hall–Kier alpha value is -2.12. The van der Waals surface area contributed by atoms with Crippen LogP contribution in [0.15, 0.2) is 30.3 Å². The van der Waals surface area contributed by atoms with Crippen molar-refractivity contribution in [1.82, 2.24) is 15.1 Å². The molecule has 2 heterocycles. The van der Waals surface area contributed by atoms with Crippen molar-refractivity contribution in [2.24, 2.45) is 0 Å². The maximum absolute atomic E-state index is 13.2. The molecule has 7 heteroatoms. The SMILES string of the molecule is Cc1n[nH]c(C)c1C(C)[C@@H]1C[C@H](O[Si](C)(C)C(C)(C)C)CN1C(=O)OCc1ccccc1. The van der Waals surface area contributed by atoms with Gasteiger partial charge in [0.2, 0.25) is 0 Å². The van der Waals surface area contributed by atoms with Crippen LogP contribution in [0.25, 0.3) is 0 Å². The number of H-pyrrole nitrogens is 1. The Morgan fingerprint density at radius 3 is 2.47 bits per heavy atom. The number of hydrogen-bond acceptors (Lipinski definition) is 4. The van der Waals surface area contributed by atoms with Gasteiger partial charge >= 0.3 is 6.09 Å². The van der Waals surface area contributed by atoms with Crippen LogP contribution >= 0.6 is 0 Å². The molecule has 3 rings (SSSR count). The van der Waals surface area contributed by atoms with Crippen molar-refractivity contribution in [3.63, 3.8) is 0 Å². The van der Waals surface area contributed by atoms with Crippen LogP contribution < -0.4 is 0 Å². The van der Waals surface area contributed by atoms with E-state index >= 15 is 0 Å². The first-order valence-electron chi connectivity index (χ1n) is 11.6. The average molecular weight is 458 g/mol. The van der Waals surface area contributed by atoms with E-state index in [9.17, 15) is 4.79 Å². The summed E-state index contributed by atoms with van der Waals surface area (Å²) in [6, 6.07) is 9.82. The zero-order valence-corrected chi connectivity index (χ0v) is 21.9. The van der Waals surface area contributed by atoms with Crippen molar-refractivity contribution in [3.8, 4) is 0 Å². The summed E-state index contributed by atoms with van der Waals surface area (Å²) in [5.74, 6) is 0.131. The first-order chi connectivity index (χ1) is 14.9. The highest BCUT2D eigenvalue weighted by atomic mass is 28.4. The Bertz CT molecular complexity index is 901. The van der Waals surface area contributed by atoms with Crippen LogP contribution in [-0.4, -0.2) is 48.2 Å². The molecule has 1 saturated heterocycles. The van der Waals surface area contributed by atoms with Crippen LogP contribution in [0.1, 0.15) is 62.5 Å². The highest BCUT2D eigenvalue weighted by molar-refractivity contribution is 6.74. The largest absolute Gasteiger partial charge is 0.445 e. The fourth-order valence-corrected chi connectivity index (χ4v) is 5.77. The Morgan fingerprint density at radius 1 is 1.25 bits per heavy atom. The number of benzene rings is 1. The molecular formula is C25H39N3O3Si. The molecule has 2 aromatic rings. The molecule has 1 N–H and O–H groups in total. The van der Waals surface area contributed by atoms with E-state index in [4.69, 9.17) is 9.16 Å². The quantitative estimate of drug-likeness (QED) is 0.546. The lowest BCUT2D eigenvalue weighted by molar-refractivity contribution is 0.0853. The van der Waals surface area contributed by atoms with Gasteiger partial charge in [-0.2, -0.15) is 5.10 Å². The van der Waals surface area contributed by atoms with Crippen LogP contribution in [0.5, 0.6) is 0 Å². The number of nitrogens with zero attached hydrogens (tertiary/aromatic N) is 2. The maximum atomic E-state index is 13.2. The van der Waals surface area contributed by atoms with E-state index in [0.29, 0.717) is 6.54 Å². The van der Waals surface area contributed by atoms with Crippen molar-refractivity contribution < 1.29 is 14.0 Å². The van der Waals surface area contributed by atoms with Gasteiger partial charge in [0.25, 0.3) is 0 Å². The Labute approximate surface area is 193 Å². The summed E-state index contributed by atoms with van der Waals surface area (Å²) in [7, 11) is -1.96. The highest BCUT2D eigenvalue weighted by Crippen LogP contribution is 2.41. The topological polar surface area (TPSA) is 67.5 Å². The van der Waals surface area contributed by atoms with Gasteiger partial charge in [-0.25, -0.2) is 4.79 Å². The van der Waals surface area contributed by atoms with Gasteiger partial charge in [0.15, 0.2) is 8.32 Å². The molecule has 1 amide bonds. The summed E-state index contributed by atoms with van der Waals surface area (Å²) >= 11 is 0. The minimum absolute atomic E-state index is 0.00282. The van der Waals surface area contributed by atoms with E-state index in [0.717, 1.165) is 23.4 Å². The van der Waals surface area contributed by atoms with Gasteiger partial charge in [-0.05, 0) is 44.0 Å². The third-order valence-electron chi connectivity index (χ3n) is 7.23. The van der Waals surface area contributed by atoms with Crippen LogP contribution in [0.2, 0.25) is 18.1 Å². The van der Waals surface area contributed by atoms with E-state index < -0.39 is 8.32 Å². The number of rotatable bonds is 6. The zero-order valence-electron chi connectivity index (χ0n) is 20.9. The van der Waals surface area contributed by atoms with Crippen LogP contribution in [-0.2, 0) is 15.8 Å². The Balaban J connectivity index is 1.81. The second-order valence-electron chi connectivity index (χ2n) is 10.6. The first kappa shape index (κ1) is 24.5. The van der Waals surface area contributed by atoms with Crippen molar-refractivity contribution in [2.45, 2.75) is 90.8 Å². The lowest BCUT2D eigenvalue weighted by atomic mass is 9.90. The zero-order chi connectivity index (χ0) is 23.7. The average Bonchev–Trinajstić information content (AvgIpc) is 3.28. The van der Waals surface area contributed by atoms with Crippen molar-refractivity contribution in [1.29, 1.82) is 0 Å². The fraction of sp³-hybridized carbons (Fsp3) is 0.600. The molecule has 0 aliphatic carbocycles. The van der Waals surface area contributed by atoms with Crippen molar-refractivity contribution in [3.05, 3.63) is 52.8 Å². The van der Waals surface area contributed by atoms with Crippen molar-refractivity contribution in [2.75, 3.05) is 6.54 Å². The van der Waals surface area contributed by atoms with E-state index in [1.165, 1.54) is 5.56 Å². The summed E-state index contributed by atoms with van der Waals surface area (Å²) < 4.78 is 12.5. The molecule has 0 saturated carbocycles. The molecule has 1 aliphatic heterocycles. The molecule has 0 radical (unpaired) electrons. The lowest BCUT2D eigenvalue weighted by Gasteiger charge is -2.38. The van der Waals surface area contributed by atoms with Crippen LogP contribution in [0.4, 0.5) is 4.79 Å². The molecule has 1 aromatic heterocycles. The van der Waals surface area contributed by atoms with E-state index in [1.807, 2.05) is 49.1 Å². The first-order valence-corrected chi connectivity index (χ1v) is 14.5. The minimum Gasteiger partial charge on any atom is -0.445 e. The molecule has 1 unspecified atom stereocenters. The molecular weight excluding hydrogens is 418 g/mol. The predicted molar refractivity (Wildman–Crippen MR) is 130 cm³/mol. The molecule has 1 fully saturated rings. The van der Waals surface area contributed by atoms with Crippen molar-refractivity contribution >= 4 is 14.4 Å². The van der Waals surface area contributed by atoms with Gasteiger partial charge in [-0.3, -0.25) is 5.10 Å². The third-order valence-corrected chi connectivity index (χ3v) is 11.8. The predicted octanol–water partition coefficient (Wildman–Crippen LogP) is 5.93. The number of carbonyl (C=O) groups is 1. The summed E-state index contributed by atoms with van der Waals surface area (Å²) in [5, 5.41) is 7.59. The number of aromatic nitrogens is 2. The van der Waals surface area contributed by atoms with Crippen LogP contribution in [0.3, 0.4) is 0 Å². The molecule has 176 valence electrons. The number of aryl methyl sites for hydroxylation is 2. The molecule has 0 spiro atoms. The van der Waals surface area contributed by atoms with Gasteiger partial charge in [0.05, 0.1) is 11.8 Å². The third kappa shape index (κ3) is 5.26. The van der Waals surface area contributed by atoms with E-state index in [-0.39, 0.29) is 35.8 Å². The van der Waals surface area contributed by atoms with E-state index in [1.54, 1.807) is 0 Å². The van der Waals surface area contributed by atoms with Gasteiger partial charge in [-0.1, -0.05) is 58.0 Å². The molecule has 1 aliphatic rings. The monoisotopic (exact) mass is 457 g/mol. The van der Waals surface area contributed by atoms with Gasteiger partial charge in [-0.15, -0.1) is 0 Å². The normalized spacial score (nSPS) is 20.4. The standard InChI is InChI=1S/C25H39N3O3Si/c1-17(23-18(2)26-27-19(23)3)22-14-21(31-32(7,8)25(4,5)6)15-28(22)24(29)30-16-20-12-10-9-11-13-20/h9-13,17,21-22H,14-16H2,1-8H3,(H,26,27)/t17?,21-,22-/m0/s1. The Morgan fingerprint density at radius 2 is 1.91 bits per heavy atom. The number of likely N-dealkylation sites (tertiary alicyclic amines) is 1. The van der Waals surface area contributed by atoms with Crippen LogP contribution in [0, 0.1) is 13.8 Å². The number of nitrogens with one attached hydrogen (secondary N) is 1. The number of ether oxygens (including phenoxy) is 1. The number of amides is 1. The highest BCUT2D eigenvalue weighted by Gasteiger charge is 2.46. The van der Waals surface area contributed by atoms with Gasteiger partial charge in [0, 0.05) is 29.8 Å². The maximum Gasteiger partial charge on any atom is 0.410 e. The summed E-state index contributed by atoms with van der Waals surface area (Å²) in [4.78, 5) is 15.1. The smallest absolute Gasteiger partial charge is 0.410 e. The second-order valence-corrected chi connectivity index (χ2v) is 15.4. The van der Waals surface area contributed by atoms with Gasteiger partial charge in [0.1, 0.15) is 6.61 Å². The molecule has 1 aromatic carbocycles. The molecule has 0 bridgehead atoms. The number of aromatic amines is 1. The fourth-order valence-electron chi connectivity index (χ4n) is 4.41. The second kappa shape index (κ2) is 9.39. The summed E-state index contributed by atoms with van der Waals surface area (Å²) in [5.41, 5.74) is 4.21. The number of carbonyl (C=O) groups excluding carboxylic acids is 1. The molecule has 32 heavy (non-hydrogen) atoms. The lowest BCUT2D eigenvalue weighted by Crippen LogP contribution is -2.45. The summed E-state index contributed by atoms with van der Waals surface area (Å²) in [6.07, 6.45) is 0.545. The van der Waals surface area contributed by atoms with Gasteiger partial charge < -0.3 is 14.1 Å². The molecule has 6 nitrogen and oxygen atoms in total.